The van der Waals surface area contributed by atoms with Gasteiger partial charge in [0.2, 0.25) is 5.91 Å². The fourth-order valence-electron chi connectivity index (χ4n) is 2.42. The SMILES string of the molecule is C=CC(=O)NC(c1cc(C)ccn1)C1CCOCC1. The van der Waals surface area contributed by atoms with E-state index in [0.717, 1.165) is 37.3 Å². The maximum Gasteiger partial charge on any atom is 0.243 e. The van der Waals surface area contributed by atoms with Gasteiger partial charge in [-0.05, 0) is 49.5 Å². The monoisotopic (exact) mass is 260 g/mol. The van der Waals surface area contributed by atoms with E-state index in [1.54, 1.807) is 6.20 Å². The summed E-state index contributed by atoms with van der Waals surface area (Å²) in [5.74, 6) is 0.215. The molecule has 0 spiro atoms. The van der Waals surface area contributed by atoms with Crippen LogP contribution in [0.4, 0.5) is 0 Å². The second-order valence-electron chi connectivity index (χ2n) is 4.90. The van der Waals surface area contributed by atoms with Crippen LogP contribution < -0.4 is 5.32 Å². The van der Waals surface area contributed by atoms with Crippen molar-refractivity contribution in [3.63, 3.8) is 0 Å². The van der Waals surface area contributed by atoms with Gasteiger partial charge >= 0.3 is 0 Å². The van der Waals surface area contributed by atoms with Crippen LogP contribution in [0, 0.1) is 12.8 Å². The molecule has 1 atom stereocenters. The number of rotatable bonds is 4. The Kier molecular flexibility index (Phi) is 4.68. The van der Waals surface area contributed by atoms with Crippen molar-refractivity contribution in [2.24, 2.45) is 5.92 Å². The Morgan fingerprint density at radius 3 is 2.95 bits per heavy atom. The smallest absolute Gasteiger partial charge is 0.243 e. The lowest BCUT2D eigenvalue weighted by molar-refractivity contribution is -0.117. The van der Waals surface area contributed by atoms with E-state index in [1.165, 1.54) is 6.08 Å². The molecule has 102 valence electrons. The van der Waals surface area contributed by atoms with Gasteiger partial charge in [-0.1, -0.05) is 6.58 Å². The Morgan fingerprint density at radius 1 is 1.58 bits per heavy atom. The van der Waals surface area contributed by atoms with Crippen molar-refractivity contribution >= 4 is 5.91 Å². The summed E-state index contributed by atoms with van der Waals surface area (Å²) in [6.07, 6.45) is 4.98. The summed E-state index contributed by atoms with van der Waals surface area (Å²) < 4.78 is 5.39. The number of carbonyl (C=O) groups is 1. The topological polar surface area (TPSA) is 51.2 Å². The van der Waals surface area contributed by atoms with Crippen molar-refractivity contribution in [1.29, 1.82) is 0 Å². The number of nitrogens with one attached hydrogen (secondary N) is 1. The number of carbonyl (C=O) groups excluding carboxylic acids is 1. The highest BCUT2D eigenvalue weighted by Gasteiger charge is 2.27. The van der Waals surface area contributed by atoms with Crippen LogP contribution in [0.2, 0.25) is 0 Å². The first-order valence-electron chi connectivity index (χ1n) is 6.64. The minimum Gasteiger partial charge on any atom is -0.381 e. The number of ether oxygens (including phenoxy) is 1. The molecule has 2 rings (SSSR count). The van der Waals surface area contributed by atoms with Gasteiger partial charge in [0.15, 0.2) is 0 Å². The van der Waals surface area contributed by atoms with E-state index in [4.69, 9.17) is 4.74 Å². The van der Waals surface area contributed by atoms with Crippen LogP contribution in [-0.2, 0) is 9.53 Å². The van der Waals surface area contributed by atoms with E-state index in [1.807, 2.05) is 19.1 Å². The maximum absolute atomic E-state index is 11.6. The minimum absolute atomic E-state index is 0.0608. The van der Waals surface area contributed by atoms with Gasteiger partial charge in [0.1, 0.15) is 0 Å². The molecule has 1 amide bonds. The number of pyridine rings is 1. The molecule has 1 aliphatic rings. The highest BCUT2D eigenvalue weighted by Crippen LogP contribution is 2.29. The summed E-state index contributed by atoms with van der Waals surface area (Å²) in [5, 5.41) is 3.00. The third kappa shape index (κ3) is 3.64. The Labute approximate surface area is 113 Å². The van der Waals surface area contributed by atoms with Crippen LogP contribution >= 0.6 is 0 Å². The first-order chi connectivity index (χ1) is 9.20. The lowest BCUT2D eigenvalue weighted by Gasteiger charge is -2.30. The van der Waals surface area contributed by atoms with Crippen LogP contribution in [0.3, 0.4) is 0 Å². The summed E-state index contributed by atoms with van der Waals surface area (Å²) in [7, 11) is 0. The van der Waals surface area contributed by atoms with Crippen LogP contribution in [0.25, 0.3) is 0 Å². The van der Waals surface area contributed by atoms with E-state index in [9.17, 15) is 4.79 Å². The molecular weight excluding hydrogens is 240 g/mol. The highest BCUT2D eigenvalue weighted by molar-refractivity contribution is 5.87. The average Bonchev–Trinajstić information content (AvgIpc) is 2.45. The zero-order valence-electron chi connectivity index (χ0n) is 11.3. The lowest BCUT2D eigenvalue weighted by Crippen LogP contribution is -2.35. The van der Waals surface area contributed by atoms with Crippen LogP contribution in [0.5, 0.6) is 0 Å². The molecule has 1 aliphatic heterocycles. The molecule has 0 aromatic carbocycles. The third-order valence-corrected chi connectivity index (χ3v) is 3.48. The molecule has 0 aliphatic carbocycles. The lowest BCUT2D eigenvalue weighted by atomic mass is 9.89. The first-order valence-corrected chi connectivity index (χ1v) is 6.64. The number of hydrogen-bond donors (Lipinski definition) is 1. The van der Waals surface area contributed by atoms with Crippen molar-refractivity contribution in [2.75, 3.05) is 13.2 Å². The number of aryl methyl sites for hydroxylation is 1. The second kappa shape index (κ2) is 6.48. The van der Waals surface area contributed by atoms with Crippen molar-refractivity contribution < 1.29 is 9.53 Å². The van der Waals surface area contributed by atoms with Crippen LogP contribution in [0.1, 0.15) is 30.1 Å². The maximum atomic E-state index is 11.6. The number of amides is 1. The number of aromatic nitrogens is 1. The summed E-state index contributed by atoms with van der Waals surface area (Å²) in [6, 6.07) is 3.93. The van der Waals surface area contributed by atoms with E-state index >= 15 is 0 Å². The number of nitrogens with zero attached hydrogens (tertiary/aromatic N) is 1. The van der Waals surface area contributed by atoms with Gasteiger partial charge in [0.25, 0.3) is 0 Å². The van der Waals surface area contributed by atoms with Crippen molar-refractivity contribution in [2.45, 2.75) is 25.8 Å². The zero-order chi connectivity index (χ0) is 13.7. The summed E-state index contributed by atoms with van der Waals surface area (Å²) in [5.41, 5.74) is 2.07. The highest BCUT2D eigenvalue weighted by atomic mass is 16.5. The Morgan fingerprint density at radius 2 is 2.32 bits per heavy atom. The fraction of sp³-hybridized carbons (Fsp3) is 0.467. The molecule has 0 radical (unpaired) electrons. The molecule has 1 unspecified atom stereocenters. The predicted octanol–water partition coefficient (Wildman–Crippen LogP) is 2.16. The molecule has 1 aromatic rings. The van der Waals surface area contributed by atoms with Gasteiger partial charge in [-0.2, -0.15) is 0 Å². The van der Waals surface area contributed by atoms with E-state index in [-0.39, 0.29) is 11.9 Å². The van der Waals surface area contributed by atoms with E-state index in [0.29, 0.717) is 5.92 Å². The number of hydrogen-bond acceptors (Lipinski definition) is 3. The quantitative estimate of drug-likeness (QED) is 0.844. The van der Waals surface area contributed by atoms with E-state index in [2.05, 4.69) is 16.9 Å². The van der Waals surface area contributed by atoms with Crippen molar-refractivity contribution in [1.82, 2.24) is 10.3 Å². The third-order valence-electron chi connectivity index (χ3n) is 3.48. The molecular formula is C15H20N2O2. The van der Waals surface area contributed by atoms with Gasteiger partial charge in [0.05, 0.1) is 11.7 Å². The van der Waals surface area contributed by atoms with E-state index < -0.39 is 0 Å². The largest absolute Gasteiger partial charge is 0.381 e. The summed E-state index contributed by atoms with van der Waals surface area (Å²) >= 11 is 0. The van der Waals surface area contributed by atoms with Gasteiger partial charge in [0, 0.05) is 19.4 Å². The molecule has 19 heavy (non-hydrogen) atoms. The fourth-order valence-corrected chi connectivity index (χ4v) is 2.42. The van der Waals surface area contributed by atoms with Crippen molar-refractivity contribution in [3.8, 4) is 0 Å². The van der Waals surface area contributed by atoms with Gasteiger partial charge in [-0.25, -0.2) is 0 Å². The van der Waals surface area contributed by atoms with Gasteiger partial charge < -0.3 is 10.1 Å². The molecule has 0 bridgehead atoms. The normalized spacial score (nSPS) is 17.7. The Hall–Kier alpha value is -1.68. The molecule has 1 saturated heterocycles. The molecule has 1 N–H and O–H groups in total. The summed E-state index contributed by atoms with van der Waals surface area (Å²) in [4.78, 5) is 16.0. The Balaban J connectivity index is 2.21. The summed E-state index contributed by atoms with van der Waals surface area (Å²) in [6.45, 7) is 7.04. The molecule has 1 aromatic heterocycles. The van der Waals surface area contributed by atoms with Crippen LogP contribution in [-0.4, -0.2) is 24.1 Å². The molecule has 0 saturated carbocycles. The van der Waals surface area contributed by atoms with Crippen molar-refractivity contribution in [3.05, 3.63) is 42.2 Å². The van der Waals surface area contributed by atoms with Crippen LogP contribution in [0.15, 0.2) is 31.0 Å². The minimum atomic E-state index is -0.153. The molecule has 4 nitrogen and oxygen atoms in total. The zero-order valence-corrected chi connectivity index (χ0v) is 11.3. The van der Waals surface area contributed by atoms with Gasteiger partial charge in [-0.15, -0.1) is 0 Å². The molecule has 1 fully saturated rings. The Bertz CT molecular complexity index is 453. The standard InChI is InChI=1S/C15H20N2O2/c1-3-14(18)17-15(12-5-8-19-9-6-12)13-10-11(2)4-7-16-13/h3-4,7,10,12,15H,1,5-6,8-9H2,2H3,(H,17,18). The molecule has 4 heteroatoms. The second-order valence-corrected chi connectivity index (χ2v) is 4.90. The predicted molar refractivity (Wildman–Crippen MR) is 73.6 cm³/mol. The molecule has 2 heterocycles. The first kappa shape index (κ1) is 13.7. The average molecular weight is 260 g/mol. The van der Waals surface area contributed by atoms with Gasteiger partial charge in [-0.3, -0.25) is 9.78 Å².